The van der Waals surface area contributed by atoms with E-state index in [2.05, 4.69) is 5.32 Å². The summed E-state index contributed by atoms with van der Waals surface area (Å²) in [5, 5.41) is 2.71. The molecule has 0 aliphatic heterocycles. The van der Waals surface area contributed by atoms with Gasteiger partial charge in [-0.2, -0.15) is 0 Å². The highest BCUT2D eigenvalue weighted by Gasteiger charge is 2.16. The number of hydrogen-bond acceptors (Lipinski definition) is 2. The van der Waals surface area contributed by atoms with Crippen molar-refractivity contribution in [1.29, 1.82) is 0 Å². The highest BCUT2D eigenvalue weighted by atomic mass is 35.5. The van der Waals surface area contributed by atoms with Crippen molar-refractivity contribution in [2.75, 3.05) is 5.32 Å². The summed E-state index contributed by atoms with van der Waals surface area (Å²) in [7, 11) is 0. The predicted octanol–water partition coefficient (Wildman–Crippen LogP) is 4.22. The zero-order chi connectivity index (χ0) is 19.6. The minimum Gasteiger partial charge on any atom is -0.319 e. The maximum Gasteiger partial charge on any atom is 0.257 e. The van der Waals surface area contributed by atoms with Gasteiger partial charge in [0.15, 0.2) is 17.5 Å². The summed E-state index contributed by atoms with van der Waals surface area (Å²) in [5.74, 6) is -5.31. The number of amides is 1. The van der Waals surface area contributed by atoms with E-state index in [0.717, 1.165) is 11.6 Å². The number of benzene rings is 2. The molecule has 0 unspecified atom stereocenters. The van der Waals surface area contributed by atoms with E-state index in [1.165, 1.54) is 22.9 Å². The van der Waals surface area contributed by atoms with Crippen molar-refractivity contribution < 1.29 is 18.0 Å². The molecule has 0 saturated carbocycles. The van der Waals surface area contributed by atoms with Crippen LogP contribution in [0.3, 0.4) is 0 Å². The lowest BCUT2D eigenvalue weighted by Crippen LogP contribution is -2.22. The number of carbonyl (C=O) groups excluding carboxylic acids is 1. The van der Waals surface area contributed by atoms with Crippen LogP contribution in [0.2, 0.25) is 5.02 Å². The fourth-order valence-corrected chi connectivity index (χ4v) is 2.52. The molecule has 4 nitrogen and oxygen atoms in total. The smallest absolute Gasteiger partial charge is 0.257 e. The average molecular weight is 393 g/mol. The van der Waals surface area contributed by atoms with Gasteiger partial charge in [-0.25, -0.2) is 13.2 Å². The summed E-state index contributed by atoms with van der Waals surface area (Å²) >= 11 is 5.82. The molecule has 1 aromatic heterocycles. The Morgan fingerprint density at radius 1 is 0.963 bits per heavy atom. The molecule has 0 radical (unpaired) electrons. The zero-order valence-electron chi connectivity index (χ0n) is 13.7. The van der Waals surface area contributed by atoms with Crippen LogP contribution in [0.25, 0.3) is 0 Å². The Hall–Kier alpha value is -3.06. The Balaban J connectivity index is 1.85. The lowest BCUT2D eigenvalue weighted by molar-refractivity contribution is 0.102. The van der Waals surface area contributed by atoms with E-state index < -0.39 is 29.0 Å². The molecular weight excluding hydrogens is 381 g/mol. The average Bonchev–Trinajstić information content (AvgIpc) is 2.65. The fraction of sp³-hybridized carbons (Fsp3) is 0.0526. The van der Waals surface area contributed by atoms with Crippen molar-refractivity contribution >= 4 is 23.2 Å². The van der Waals surface area contributed by atoms with Crippen LogP contribution in [0.4, 0.5) is 18.9 Å². The number of nitrogens with one attached hydrogen (secondary N) is 1. The van der Waals surface area contributed by atoms with Crippen molar-refractivity contribution in [3.8, 4) is 0 Å². The number of halogens is 4. The van der Waals surface area contributed by atoms with E-state index in [9.17, 15) is 22.8 Å². The topological polar surface area (TPSA) is 51.1 Å². The van der Waals surface area contributed by atoms with E-state index >= 15 is 0 Å². The van der Waals surface area contributed by atoms with E-state index in [1.54, 1.807) is 24.3 Å². The van der Waals surface area contributed by atoms with Gasteiger partial charge < -0.3 is 9.88 Å². The molecule has 0 fully saturated rings. The van der Waals surface area contributed by atoms with E-state index in [-0.39, 0.29) is 17.7 Å². The van der Waals surface area contributed by atoms with Crippen molar-refractivity contribution in [3.05, 3.63) is 98.7 Å². The van der Waals surface area contributed by atoms with Gasteiger partial charge in [0.2, 0.25) is 0 Å². The molecule has 0 aliphatic rings. The third kappa shape index (κ3) is 4.20. The Bertz CT molecular complexity index is 1070. The van der Waals surface area contributed by atoms with Gasteiger partial charge in [-0.3, -0.25) is 9.59 Å². The summed E-state index contributed by atoms with van der Waals surface area (Å²) in [5.41, 5.74) is -0.0201. The van der Waals surface area contributed by atoms with Gasteiger partial charge >= 0.3 is 0 Å². The molecule has 1 amide bonds. The highest BCUT2D eigenvalue weighted by Crippen LogP contribution is 2.20. The van der Waals surface area contributed by atoms with Gasteiger partial charge in [-0.15, -0.1) is 0 Å². The standard InChI is InChI=1S/C19H12ClF3N2O2/c20-13-4-1-11(2-5-13)9-25-10-12(3-8-16(25)26)19(27)24-15-7-6-14(21)17(22)18(15)23/h1-8,10H,9H2,(H,24,27). The molecule has 3 rings (SSSR count). The highest BCUT2D eigenvalue weighted by molar-refractivity contribution is 6.30. The molecule has 138 valence electrons. The van der Waals surface area contributed by atoms with Crippen molar-refractivity contribution in [2.24, 2.45) is 0 Å². The first-order valence-corrected chi connectivity index (χ1v) is 8.13. The van der Waals surface area contributed by atoms with E-state index in [4.69, 9.17) is 11.6 Å². The van der Waals surface area contributed by atoms with Gasteiger partial charge in [-0.1, -0.05) is 23.7 Å². The molecule has 0 bridgehead atoms. The number of pyridine rings is 1. The minimum atomic E-state index is -1.68. The molecule has 1 N–H and O–H groups in total. The Kier molecular flexibility index (Phi) is 5.32. The van der Waals surface area contributed by atoms with Crippen LogP contribution in [-0.4, -0.2) is 10.5 Å². The number of rotatable bonds is 4. The molecule has 27 heavy (non-hydrogen) atoms. The van der Waals surface area contributed by atoms with Crippen LogP contribution in [0, 0.1) is 17.5 Å². The van der Waals surface area contributed by atoms with Gasteiger partial charge in [-0.05, 0) is 35.9 Å². The fourth-order valence-electron chi connectivity index (χ4n) is 2.39. The molecule has 3 aromatic rings. The third-order valence-electron chi connectivity index (χ3n) is 3.80. The predicted molar refractivity (Wildman–Crippen MR) is 95.5 cm³/mol. The Labute approximate surface area is 156 Å². The first-order chi connectivity index (χ1) is 12.8. The van der Waals surface area contributed by atoms with Crippen molar-refractivity contribution in [2.45, 2.75) is 6.54 Å². The second-order valence-corrected chi connectivity index (χ2v) is 6.12. The molecular formula is C19H12ClF3N2O2. The summed E-state index contributed by atoms with van der Waals surface area (Å²) in [6.45, 7) is 0.191. The molecule has 2 aromatic carbocycles. The van der Waals surface area contributed by atoms with Gasteiger partial charge in [0.05, 0.1) is 17.8 Å². The van der Waals surface area contributed by atoms with Gasteiger partial charge in [0, 0.05) is 17.3 Å². The van der Waals surface area contributed by atoms with Crippen molar-refractivity contribution in [1.82, 2.24) is 4.57 Å². The molecule has 0 aliphatic carbocycles. The monoisotopic (exact) mass is 392 g/mol. The van der Waals surface area contributed by atoms with Crippen LogP contribution >= 0.6 is 11.6 Å². The first-order valence-electron chi connectivity index (χ1n) is 7.75. The molecule has 0 spiro atoms. The Morgan fingerprint density at radius 3 is 2.37 bits per heavy atom. The summed E-state index contributed by atoms with van der Waals surface area (Å²) in [4.78, 5) is 24.3. The second-order valence-electron chi connectivity index (χ2n) is 5.69. The normalized spacial score (nSPS) is 10.7. The summed E-state index contributed by atoms with van der Waals surface area (Å²) in [6, 6.07) is 10.9. The SMILES string of the molecule is O=C(Nc1ccc(F)c(F)c1F)c1ccc(=O)n(Cc2ccc(Cl)cc2)c1. The lowest BCUT2D eigenvalue weighted by atomic mass is 10.2. The summed E-state index contributed by atoms with van der Waals surface area (Å²) in [6.07, 6.45) is 1.30. The minimum absolute atomic E-state index is 0.0488. The van der Waals surface area contributed by atoms with Crippen LogP contribution in [-0.2, 0) is 6.54 Å². The quantitative estimate of drug-likeness (QED) is 0.676. The number of carbonyl (C=O) groups is 1. The maximum atomic E-state index is 13.7. The van der Waals surface area contributed by atoms with Crippen LogP contribution in [0.15, 0.2) is 59.5 Å². The zero-order valence-corrected chi connectivity index (χ0v) is 14.4. The van der Waals surface area contributed by atoms with Crippen LogP contribution in [0.1, 0.15) is 15.9 Å². The number of nitrogens with zero attached hydrogens (tertiary/aromatic N) is 1. The number of hydrogen-bond donors (Lipinski definition) is 1. The van der Waals surface area contributed by atoms with E-state index in [1.807, 2.05) is 0 Å². The summed E-state index contributed by atoms with van der Waals surface area (Å²) < 4.78 is 41.2. The molecule has 1 heterocycles. The lowest BCUT2D eigenvalue weighted by Gasteiger charge is -2.10. The maximum absolute atomic E-state index is 13.7. The number of aromatic nitrogens is 1. The largest absolute Gasteiger partial charge is 0.319 e. The van der Waals surface area contributed by atoms with Gasteiger partial charge in [0.1, 0.15) is 0 Å². The molecule has 8 heteroatoms. The van der Waals surface area contributed by atoms with Crippen LogP contribution in [0.5, 0.6) is 0 Å². The number of anilines is 1. The molecule has 0 saturated heterocycles. The van der Waals surface area contributed by atoms with E-state index in [0.29, 0.717) is 11.1 Å². The second kappa shape index (κ2) is 7.67. The molecule has 0 atom stereocenters. The van der Waals surface area contributed by atoms with Crippen molar-refractivity contribution in [3.63, 3.8) is 0 Å². The Morgan fingerprint density at radius 2 is 1.67 bits per heavy atom. The van der Waals surface area contributed by atoms with Gasteiger partial charge in [0.25, 0.3) is 11.5 Å². The first kappa shape index (κ1) is 18.7. The van der Waals surface area contributed by atoms with Crippen LogP contribution < -0.4 is 10.9 Å². The third-order valence-corrected chi connectivity index (χ3v) is 4.05.